The zero-order chi connectivity index (χ0) is 13.8. The molecule has 0 saturated heterocycles. The molecular formula is C17H14BrCl. The summed E-state index contributed by atoms with van der Waals surface area (Å²) in [6.07, 6.45) is 4.00. The van der Waals surface area contributed by atoms with Crippen LogP contribution < -0.4 is 0 Å². The van der Waals surface area contributed by atoms with E-state index < -0.39 is 0 Å². The number of benzene rings is 2. The lowest BCUT2D eigenvalue weighted by Gasteiger charge is -2.08. The lowest BCUT2D eigenvalue weighted by molar-refractivity contribution is 1.44. The predicted octanol–water partition coefficient (Wildman–Crippen LogP) is 6.14. The number of rotatable bonds is 3. The first-order chi connectivity index (χ1) is 9.11. The average Bonchev–Trinajstić information content (AvgIpc) is 2.39. The smallest absolute Gasteiger partial charge is 0.0417 e. The summed E-state index contributed by atoms with van der Waals surface area (Å²) in [5, 5.41) is 0.718. The maximum Gasteiger partial charge on any atom is 0.0417 e. The molecule has 0 aliphatic rings. The minimum Gasteiger partial charge on any atom is -0.0984 e. The normalized spacial score (nSPS) is 11.4. The SMILES string of the molecule is C=C/C(=C\c1ccccc1C)c1ccc(Cl)cc1Br. The minimum atomic E-state index is 0.718. The zero-order valence-electron chi connectivity index (χ0n) is 10.7. The van der Waals surface area contributed by atoms with Gasteiger partial charge in [-0.15, -0.1) is 0 Å². The molecule has 2 heteroatoms. The summed E-state index contributed by atoms with van der Waals surface area (Å²) in [6, 6.07) is 14.1. The number of allylic oxidation sites excluding steroid dienone is 2. The van der Waals surface area contributed by atoms with Gasteiger partial charge in [0, 0.05) is 9.50 Å². The molecule has 0 atom stereocenters. The number of hydrogen-bond acceptors (Lipinski definition) is 0. The van der Waals surface area contributed by atoms with Gasteiger partial charge in [-0.3, -0.25) is 0 Å². The van der Waals surface area contributed by atoms with E-state index in [1.54, 1.807) is 0 Å². The fourth-order valence-corrected chi connectivity index (χ4v) is 2.80. The molecule has 0 N–H and O–H groups in total. The molecule has 96 valence electrons. The van der Waals surface area contributed by atoms with Gasteiger partial charge < -0.3 is 0 Å². The molecule has 2 rings (SSSR count). The number of aryl methyl sites for hydroxylation is 1. The van der Waals surface area contributed by atoms with Crippen LogP contribution in [0.3, 0.4) is 0 Å². The van der Waals surface area contributed by atoms with Gasteiger partial charge in [0.05, 0.1) is 0 Å². The topological polar surface area (TPSA) is 0 Å². The minimum absolute atomic E-state index is 0.718. The van der Waals surface area contributed by atoms with Crippen molar-refractivity contribution in [2.24, 2.45) is 0 Å². The van der Waals surface area contributed by atoms with E-state index in [4.69, 9.17) is 11.6 Å². The third-order valence-electron chi connectivity index (χ3n) is 2.96. The summed E-state index contributed by atoms with van der Waals surface area (Å²) >= 11 is 9.52. The summed E-state index contributed by atoms with van der Waals surface area (Å²) in [6.45, 7) is 6.01. The van der Waals surface area contributed by atoms with E-state index in [1.165, 1.54) is 11.1 Å². The van der Waals surface area contributed by atoms with Crippen molar-refractivity contribution in [1.29, 1.82) is 0 Å². The van der Waals surface area contributed by atoms with Crippen LogP contribution in [0.15, 0.2) is 59.6 Å². The number of hydrogen-bond donors (Lipinski definition) is 0. The van der Waals surface area contributed by atoms with E-state index in [-0.39, 0.29) is 0 Å². The van der Waals surface area contributed by atoms with Crippen molar-refractivity contribution in [2.45, 2.75) is 6.92 Å². The van der Waals surface area contributed by atoms with E-state index in [1.807, 2.05) is 36.4 Å². The highest BCUT2D eigenvalue weighted by molar-refractivity contribution is 9.10. The Hall–Kier alpha value is -1.31. The van der Waals surface area contributed by atoms with E-state index in [0.717, 1.165) is 20.6 Å². The molecule has 0 unspecified atom stereocenters. The molecule has 0 spiro atoms. The monoisotopic (exact) mass is 332 g/mol. The maximum atomic E-state index is 5.97. The van der Waals surface area contributed by atoms with Gasteiger partial charge in [-0.25, -0.2) is 0 Å². The molecule has 0 aliphatic carbocycles. The molecule has 0 aliphatic heterocycles. The molecule has 19 heavy (non-hydrogen) atoms. The van der Waals surface area contributed by atoms with Gasteiger partial charge in [0.25, 0.3) is 0 Å². The quantitative estimate of drug-likeness (QED) is 0.467. The lowest BCUT2D eigenvalue weighted by Crippen LogP contribution is -1.85. The zero-order valence-corrected chi connectivity index (χ0v) is 13.0. The van der Waals surface area contributed by atoms with E-state index >= 15 is 0 Å². The Labute approximate surface area is 127 Å². The second kappa shape index (κ2) is 6.23. The van der Waals surface area contributed by atoms with Crippen molar-refractivity contribution in [2.75, 3.05) is 0 Å². The van der Waals surface area contributed by atoms with E-state index in [2.05, 4.69) is 47.6 Å². The van der Waals surface area contributed by atoms with Gasteiger partial charge >= 0.3 is 0 Å². The van der Waals surface area contributed by atoms with Crippen LogP contribution in [0.25, 0.3) is 11.6 Å². The van der Waals surface area contributed by atoms with Crippen molar-refractivity contribution in [1.82, 2.24) is 0 Å². The van der Waals surface area contributed by atoms with Gasteiger partial charge in [0.15, 0.2) is 0 Å². The first-order valence-corrected chi connectivity index (χ1v) is 7.14. The van der Waals surface area contributed by atoms with Gasteiger partial charge in [0.1, 0.15) is 0 Å². The van der Waals surface area contributed by atoms with Gasteiger partial charge in [-0.2, -0.15) is 0 Å². The van der Waals surface area contributed by atoms with Crippen LogP contribution in [-0.2, 0) is 0 Å². The van der Waals surface area contributed by atoms with Crippen LogP contribution in [0, 0.1) is 6.92 Å². The van der Waals surface area contributed by atoms with Crippen LogP contribution in [0.5, 0.6) is 0 Å². The van der Waals surface area contributed by atoms with Crippen molar-refractivity contribution in [3.8, 4) is 0 Å². The molecule has 2 aromatic rings. The fraction of sp³-hybridized carbons (Fsp3) is 0.0588. The molecule has 0 fully saturated rings. The highest BCUT2D eigenvalue weighted by atomic mass is 79.9. The molecule has 0 aromatic heterocycles. The van der Waals surface area contributed by atoms with Crippen LogP contribution in [-0.4, -0.2) is 0 Å². The molecule has 0 amide bonds. The summed E-state index contributed by atoms with van der Waals surface area (Å²) in [5.41, 5.74) is 4.59. The van der Waals surface area contributed by atoms with Crippen molar-refractivity contribution in [3.05, 3.63) is 81.3 Å². The molecule has 0 radical (unpaired) electrons. The van der Waals surface area contributed by atoms with Crippen molar-refractivity contribution < 1.29 is 0 Å². The maximum absolute atomic E-state index is 5.97. The molecule has 0 bridgehead atoms. The summed E-state index contributed by atoms with van der Waals surface area (Å²) in [5.74, 6) is 0. The standard InChI is InChI=1S/C17H14BrCl/c1-3-13(10-14-7-5-4-6-12(14)2)16-9-8-15(19)11-17(16)18/h3-11H,1H2,2H3/b13-10+. The van der Waals surface area contributed by atoms with Crippen LogP contribution >= 0.6 is 27.5 Å². The third kappa shape index (κ3) is 3.37. The Balaban J connectivity index is 2.51. The highest BCUT2D eigenvalue weighted by Gasteiger charge is 2.05. The predicted molar refractivity (Wildman–Crippen MR) is 88.4 cm³/mol. The molecule has 2 aromatic carbocycles. The van der Waals surface area contributed by atoms with E-state index in [9.17, 15) is 0 Å². The average molecular weight is 334 g/mol. The Kier molecular flexibility index (Phi) is 4.62. The van der Waals surface area contributed by atoms with Gasteiger partial charge in [-0.1, -0.05) is 70.5 Å². The Morgan fingerprint density at radius 3 is 2.58 bits per heavy atom. The second-order valence-corrected chi connectivity index (χ2v) is 5.58. The Morgan fingerprint density at radius 2 is 1.95 bits per heavy atom. The Morgan fingerprint density at radius 1 is 1.21 bits per heavy atom. The van der Waals surface area contributed by atoms with Crippen LogP contribution in [0.4, 0.5) is 0 Å². The van der Waals surface area contributed by atoms with Crippen molar-refractivity contribution in [3.63, 3.8) is 0 Å². The lowest BCUT2D eigenvalue weighted by atomic mass is 10.0. The highest BCUT2D eigenvalue weighted by Crippen LogP contribution is 2.29. The Bertz CT molecular complexity index is 641. The third-order valence-corrected chi connectivity index (χ3v) is 3.85. The second-order valence-electron chi connectivity index (χ2n) is 4.28. The molecule has 0 heterocycles. The molecule has 0 saturated carbocycles. The number of halogens is 2. The van der Waals surface area contributed by atoms with Gasteiger partial charge in [-0.05, 0) is 47.4 Å². The van der Waals surface area contributed by atoms with Crippen LogP contribution in [0.1, 0.15) is 16.7 Å². The van der Waals surface area contributed by atoms with Crippen molar-refractivity contribution >= 4 is 39.2 Å². The fourth-order valence-electron chi connectivity index (χ4n) is 1.89. The summed E-state index contributed by atoms with van der Waals surface area (Å²) < 4.78 is 0.972. The van der Waals surface area contributed by atoms with Crippen LogP contribution in [0.2, 0.25) is 5.02 Å². The first kappa shape index (κ1) is 14.1. The van der Waals surface area contributed by atoms with E-state index in [0.29, 0.717) is 0 Å². The summed E-state index contributed by atoms with van der Waals surface area (Å²) in [7, 11) is 0. The largest absolute Gasteiger partial charge is 0.0984 e. The molecular weight excluding hydrogens is 320 g/mol. The first-order valence-electron chi connectivity index (χ1n) is 5.97. The molecule has 0 nitrogen and oxygen atoms in total. The summed E-state index contributed by atoms with van der Waals surface area (Å²) in [4.78, 5) is 0. The van der Waals surface area contributed by atoms with Gasteiger partial charge in [0.2, 0.25) is 0 Å².